The zero-order chi connectivity index (χ0) is 16.3. The SMILES string of the molecule is CC(C)c1ccc(OCc2cc(C(F)(F)F)ccn2)c(Cl)c1. The minimum absolute atomic E-state index is 0.0787. The van der Waals surface area contributed by atoms with Gasteiger partial charge in [-0.15, -0.1) is 0 Å². The second-order valence-electron chi connectivity index (χ2n) is 5.17. The molecule has 0 aliphatic heterocycles. The third kappa shape index (κ3) is 4.13. The molecule has 6 heteroatoms. The van der Waals surface area contributed by atoms with Crippen LogP contribution in [-0.2, 0) is 12.8 Å². The summed E-state index contributed by atoms with van der Waals surface area (Å²) in [5.41, 5.74) is 0.510. The van der Waals surface area contributed by atoms with Crippen LogP contribution in [0.25, 0.3) is 0 Å². The van der Waals surface area contributed by atoms with E-state index in [2.05, 4.69) is 4.98 Å². The number of nitrogens with zero attached hydrogens (tertiary/aromatic N) is 1. The van der Waals surface area contributed by atoms with E-state index < -0.39 is 11.7 Å². The molecular formula is C16H15ClF3NO. The highest BCUT2D eigenvalue weighted by Crippen LogP contribution is 2.31. The van der Waals surface area contributed by atoms with Crippen molar-refractivity contribution < 1.29 is 17.9 Å². The Morgan fingerprint density at radius 2 is 1.91 bits per heavy atom. The highest BCUT2D eigenvalue weighted by Gasteiger charge is 2.30. The summed E-state index contributed by atoms with van der Waals surface area (Å²) in [7, 11) is 0. The van der Waals surface area contributed by atoms with Crippen LogP contribution in [0.4, 0.5) is 13.2 Å². The van der Waals surface area contributed by atoms with Crippen LogP contribution in [0.3, 0.4) is 0 Å². The van der Waals surface area contributed by atoms with Gasteiger partial charge in [0.2, 0.25) is 0 Å². The minimum Gasteiger partial charge on any atom is -0.486 e. The Labute approximate surface area is 131 Å². The smallest absolute Gasteiger partial charge is 0.416 e. The van der Waals surface area contributed by atoms with Gasteiger partial charge in [-0.05, 0) is 35.7 Å². The van der Waals surface area contributed by atoms with E-state index >= 15 is 0 Å². The lowest BCUT2D eigenvalue weighted by atomic mass is 10.0. The maximum atomic E-state index is 12.6. The first-order valence-corrected chi connectivity index (χ1v) is 7.09. The van der Waals surface area contributed by atoms with Crippen molar-refractivity contribution in [3.05, 3.63) is 58.4 Å². The molecule has 0 amide bonds. The minimum atomic E-state index is -4.39. The lowest BCUT2D eigenvalue weighted by molar-refractivity contribution is -0.137. The first kappa shape index (κ1) is 16.6. The van der Waals surface area contributed by atoms with Gasteiger partial charge in [0, 0.05) is 6.20 Å². The van der Waals surface area contributed by atoms with E-state index in [0.29, 0.717) is 16.7 Å². The van der Waals surface area contributed by atoms with Crippen molar-refractivity contribution in [3.8, 4) is 5.75 Å². The summed E-state index contributed by atoms with van der Waals surface area (Å²) < 4.78 is 43.3. The van der Waals surface area contributed by atoms with E-state index in [1.807, 2.05) is 19.9 Å². The van der Waals surface area contributed by atoms with Crippen LogP contribution in [0, 0.1) is 0 Å². The number of hydrogen-bond donors (Lipinski definition) is 0. The molecule has 1 aromatic carbocycles. The number of ether oxygens (including phenoxy) is 1. The van der Waals surface area contributed by atoms with E-state index in [4.69, 9.17) is 16.3 Å². The van der Waals surface area contributed by atoms with Crippen LogP contribution < -0.4 is 4.74 Å². The Balaban J connectivity index is 2.10. The monoisotopic (exact) mass is 329 g/mol. The molecule has 0 aliphatic rings. The van der Waals surface area contributed by atoms with Gasteiger partial charge in [-0.3, -0.25) is 4.98 Å². The molecular weight excluding hydrogens is 315 g/mol. The second-order valence-corrected chi connectivity index (χ2v) is 5.57. The molecule has 0 saturated carbocycles. The van der Waals surface area contributed by atoms with Gasteiger partial charge in [-0.25, -0.2) is 0 Å². The fourth-order valence-corrected chi connectivity index (χ4v) is 2.12. The van der Waals surface area contributed by atoms with Gasteiger partial charge in [-0.2, -0.15) is 13.2 Å². The zero-order valence-corrected chi connectivity index (χ0v) is 12.9. The molecule has 0 atom stereocenters. The van der Waals surface area contributed by atoms with Gasteiger partial charge in [0.1, 0.15) is 12.4 Å². The molecule has 1 aromatic heterocycles. The third-order valence-electron chi connectivity index (χ3n) is 3.14. The third-order valence-corrected chi connectivity index (χ3v) is 3.44. The Bertz CT molecular complexity index is 656. The molecule has 0 spiro atoms. The second kappa shape index (κ2) is 6.57. The van der Waals surface area contributed by atoms with Gasteiger partial charge in [0.25, 0.3) is 0 Å². The number of hydrogen-bond acceptors (Lipinski definition) is 2. The van der Waals surface area contributed by atoms with Crippen molar-refractivity contribution in [1.29, 1.82) is 0 Å². The molecule has 0 saturated heterocycles. The van der Waals surface area contributed by atoms with Gasteiger partial charge >= 0.3 is 6.18 Å². The van der Waals surface area contributed by atoms with Gasteiger partial charge in [0.15, 0.2) is 0 Å². The number of pyridine rings is 1. The molecule has 2 rings (SSSR count). The quantitative estimate of drug-likeness (QED) is 0.743. The zero-order valence-electron chi connectivity index (χ0n) is 12.1. The van der Waals surface area contributed by atoms with E-state index in [0.717, 1.165) is 23.9 Å². The predicted octanol–water partition coefficient (Wildman–Crippen LogP) is 5.46. The van der Waals surface area contributed by atoms with Crippen molar-refractivity contribution in [2.45, 2.75) is 32.5 Å². The number of alkyl halides is 3. The molecule has 0 aliphatic carbocycles. The fourth-order valence-electron chi connectivity index (χ4n) is 1.88. The number of benzene rings is 1. The summed E-state index contributed by atoms with van der Waals surface area (Å²) in [5.74, 6) is 0.752. The van der Waals surface area contributed by atoms with Crippen LogP contribution in [0.5, 0.6) is 5.75 Å². The summed E-state index contributed by atoms with van der Waals surface area (Å²) in [5, 5.41) is 0.429. The first-order chi connectivity index (χ1) is 10.3. The maximum Gasteiger partial charge on any atom is 0.416 e. The number of rotatable bonds is 4. The molecule has 2 nitrogen and oxygen atoms in total. The van der Waals surface area contributed by atoms with E-state index in [1.165, 1.54) is 0 Å². The van der Waals surface area contributed by atoms with Crippen LogP contribution in [0.15, 0.2) is 36.5 Å². The molecule has 0 fully saturated rings. The van der Waals surface area contributed by atoms with E-state index in [1.54, 1.807) is 12.1 Å². The van der Waals surface area contributed by atoms with Gasteiger partial charge < -0.3 is 4.74 Å². The normalized spacial score (nSPS) is 11.8. The Morgan fingerprint density at radius 3 is 2.50 bits per heavy atom. The van der Waals surface area contributed by atoms with Crippen molar-refractivity contribution in [1.82, 2.24) is 4.98 Å². The molecule has 0 radical (unpaired) electrons. The fraction of sp³-hybridized carbons (Fsp3) is 0.312. The summed E-state index contributed by atoms with van der Waals surface area (Å²) >= 11 is 6.12. The lowest BCUT2D eigenvalue weighted by Gasteiger charge is -2.12. The summed E-state index contributed by atoms with van der Waals surface area (Å²) in [6.45, 7) is 4.00. The van der Waals surface area contributed by atoms with Crippen LogP contribution >= 0.6 is 11.6 Å². The average Bonchev–Trinajstić information content (AvgIpc) is 2.45. The van der Waals surface area contributed by atoms with E-state index in [-0.39, 0.29) is 12.3 Å². The lowest BCUT2D eigenvalue weighted by Crippen LogP contribution is -2.07. The topological polar surface area (TPSA) is 22.1 Å². The summed E-state index contributed by atoms with van der Waals surface area (Å²) in [6.07, 6.45) is -3.28. The van der Waals surface area contributed by atoms with Crippen molar-refractivity contribution >= 4 is 11.6 Å². The van der Waals surface area contributed by atoms with Gasteiger partial charge in [0.05, 0.1) is 16.3 Å². The van der Waals surface area contributed by atoms with Crippen molar-refractivity contribution in [2.24, 2.45) is 0 Å². The van der Waals surface area contributed by atoms with Crippen LogP contribution in [0.1, 0.15) is 36.6 Å². The predicted molar refractivity (Wildman–Crippen MR) is 79.1 cm³/mol. The maximum absolute atomic E-state index is 12.6. The Hall–Kier alpha value is -1.75. The molecule has 2 aromatic rings. The average molecular weight is 330 g/mol. The largest absolute Gasteiger partial charge is 0.486 e. The van der Waals surface area contributed by atoms with Crippen LogP contribution in [0.2, 0.25) is 5.02 Å². The van der Waals surface area contributed by atoms with Crippen molar-refractivity contribution in [2.75, 3.05) is 0 Å². The highest BCUT2D eigenvalue weighted by molar-refractivity contribution is 6.32. The van der Waals surface area contributed by atoms with Crippen LogP contribution in [-0.4, -0.2) is 4.98 Å². The molecule has 118 valence electrons. The number of aromatic nitrogens is 1. The molecule has 0 bridgehead atoms. The van der Waals surface area contributed by atoms with Crippen molar-refractivity contribution in [3.63, 3.8) is 0 Å². The summed E-state index contributed by atoms with van der Waals surface area (Å²) in [4.78, 5) is 3.88. The first-order valence-electron chi connectivity index (χ1n) is 6.71. The van der Waals surface area contributed by atoms with Gasteiger partial charge in [-0.1, -0.05) is 31.5 Å². The standard InChI is InChI=1S/C16H15ClF3NO/c1-10(2)11-3-4-15(14(17)7-11)22-9-13-8-12(5-6-21-13)16(18,19)20/h3-8,10H,9H2,1-2H3. The van der Waals surface area contributed by atoms with E-state index in [9.17, 15) is 13.2 Å². The summed E-state index contributed by atoms with van der Waals surface area (Å²) in [6, 6.07) is 7.28. The Kier molecular flexibility index (Phi) is 4.96. The Morgan fingerprint density at radius 1 is 1.18 bits per heavy atom. The molecule has 22 heavy (non-hydrogen) atoms. The molecule has 1 heterocycles. The molecule has 0 N–H and O–H groups in total. The number of halogens is 4. The highest BCUT2D eigenvalue weighted by atomic mass is 35.5. The molecule has 0 unspecified atom stereocenters.